The van der Waals surface area contributed by atoms with Crippen LogP contribution in [0, 0.1) is 0 Å². The fourth-order valence-corrected chi connectivity index (χ4v) is 2.32. The van der Waals surface area contributed by atoms with Gasteiger partial charge in [0.05, 0.1) is 7.11 Å². The van der Waals surface area contributed by atoms with Gasteiger partial charge in [0.1, 0.15) is 17.3 Å². The Balaban J connectivity index is 2.12. The molecule has 3 aromatic rings. The van der Waals surface area contributed by atoms with Crippen LogP contribution in [0.15, 0.2) is 65.1 Å². The van der Waals surface area contributed by atoms with Crippen LogP contribution in [0.4, 0.5) is 0 Å². The summed E-state index contributed by atoms with van der Waals surface area (Å²) in [7, 11) is 1.39. The predicted molar refractivity (Wildman–Crippen MR) is 76.5 cm³/mol. The lowest BCUT2D eigenvalue weighted by Crippen LogP contribution is -2.14. The Bertz CT molecular complexity index is 695. The van der Waals surface area contributed by atoms with Crippen molar-refractivity contribution in [3.63, 3.8) is 0 Å². The zero-order chi connectivity index (χ0) is 13.9. The average molecular weight is 266 g/mol. The molecule has 1 unspecified atom stereocenters. The molecule has 3 heteroatoms. The van der Waals surface area contributed by atoms with E-state index in [1.807, 2.05) is 60.7 Å². The molecule has 0 radical (unpaired) electrons. The molecule has 0 aliphatic rings. The summed E-state index contributed by atoms with van der Waals surface area (Å²) in [4.78, 5) is 12.1. The molecule has 1 aromatic heterocycles. The highest BCUT2D eigenvalue weighted by molar-refractivity contribution is 5.85. The molecule has 0 fully saturated rings. The third-order valence-corrected chi connectivity index (χ3v) is 3.30. The number of ether oxygens (including phenoxy) is 1. The van der Waals surface area contributed by atoms with Crippen molar-refractivity contribution in [2.24, 2.45) is 0 Å². The van der Waals surface area contributed by atoms with Gasteiger partial charge in [-0.15, -0.1) is 0 Å². The molecule has 0 saturated carbocycles. The summed E-state index contributed by atoms with van der Waals surface area (Å²) in [6, 6.07) is 19.1. The van der Waals surface area contributed by atoms with Gasteiger partial charge < -0.3 is 9.15 Å². The van der Waals surface area contributed by atoms with Gasteiger partial charge in [0, 0.05) is 5.39 Å². The van der Waals surface area contributed by atoms with Crippen LogP contribution in [0.2, 0.25) is 0 Å². The first kappa shape index (κ1) is 12.5. The Hall–Kier alpha value is -2.55. The van der Waals surface area contributed by atoms with E-state index in [9.17, 15) is 4.79 Å². The largest absolute Gasteiger partial charge is 0.468 e. The summed E-state index contributed by atoms with van der Waals surface area (Å²) < 4.78 is 10.7. The van der Waals surface area contributed by atoms with Crippen molar-refractivity contribution in [1.29, 1.82) is 0 Å². The third kappa shape index (κ3) is 2.18. The molecule has 3 nitrogen and oxygen atoms in total. The summed E-state index contributed by atoms with van der Waals surface area (Å²) in [6.45, 7) is 0. The summed E-state index contributed by atoms with van der Waals surface area (Å²) in [5.41, 5.74) is 1.63. The molecule has 0 amide bonds. The fraction of sp³-hybridized carbons (Fsp3) is 0.118. The smallest absolute Gasteiger partial charge is 0.320 e. The molecule has 0 saturated heterocycles. The Labute approximate surface area is 116 Å². The van der Waals surface area contributed by atoms with Gasteiger partial charge in [-0.3, -0.25) is 4.79 Å². The molecule has 0 aliphatic carbocycles. The quantitative estimate of drug-likeness (QED) is 0.678. The molecule has 100 valence electrons. The molecule has 20 heavy (non-hydrogen) atoms. The Morgan fingerprint density at radius 3 is 2.45 bits per heavy atom. The molecule has 2 aromatic carbocycles. The molecule has 1 atom stereocenters. The molecule has 3 rings (SSSR count). The number of para-hydroxylation sites is 1. The summed E-state index contributed by atoms with van der Waals surface area (Å²) in [5.74, 6) is -0.256. The van der Waals surface area contributed by atoms with E-state index in [1.165, 1.54) is 7.11 Å². The number of rotatable bonds is 3. The van der Waals surface area contributed by atoms with E-state index in [0.717, 1.165) is 16.5 Å². The van der Waals surface area contributed by atoms with E-state index in [4.69, 9.17) is 9.15 Å². The highest BCUT2D eigenvalue weighted by atomic mass is 16.5. The highest BCUT2D eigenvalue weighted by Crippen LogP contribution is 2.30. The van der Waals surface area contributed by atoms with E-state index in [1.54, 1.807) is 0 Å². The topological polar surface area (TPSA) is 39.4 Å². The molecule has 1 heterocycles. The number of hydrogen-bond donors (Lipinski definition) is 0. The fourth-order valence-electron chi connectivity index (χ4n) is 2.32. The van der Waals surface area contributed by atoms with E-state index in [0.29, 0.717) is 5.76 Å². The maximum Gasteiger partial charge on any atom is 0.320 e. The Morgan fingerprint density at radius 2 is 1.75 bits per heavy atom. The molecule has 0 spiro atoms. The number of esters is 1. The van der Waals surface area contributed by atoms with Crippen LogP contribution in [0.1, 0.15) is 17.2 Å². The number of hydrogen-bond acceptors (Lipinski definition) is 3. The lowest BCUT2D eigenvalue weighted by atomic mass is 9.96. The van der Waals surface area contributed by atoms with Crippen LogP contribution in [-0.2, 0) is 9.53 Å². The SMILES string of the molecule is COC(=O)C(c1ccccc1)c1cc2ccccc2o1. The lowest BCUT2D eigenvalue weighted by Gasteiger charge is -2.12. The number of methoxy groups -OCH3 is 1. The van der Waals surface area contributed by atoms with Crippen LogP contribution in [0.5, 0.6) is 0 Å². The van der Waals surface area contributed by atoms with Gasteiger partial charge in [-0.05, 0) is 17.7 Å². The first-order valence-electron chi connectivity index (χ1n) is 6.41. The molecular weight excluding hydrogens is 252 g/mol. The van der Waals surface area contributed by atoms with Crippen molar-refractivity contribution in [1.82, 2.24) is 0 Å². The minimum absolute atomic E-state index is 0.324. The Kier molecular flexibility index (Phi) is 3.25. The third-order valence-electron chi connectivity index (χ3n) is 3.30. The zero-order valence-corrected chi connectivity index (χ0v) is 11.1. The average Bonchev–Trinajstić information content (AvgIpc) is 2.91. The van der Waals surface area contributed by atoms with Gasteiger partial charge in [-0.25, -0.2) is 0 Å². The number of furan rings is 1. The highest BCUT2D eigenvalue weighted by Gasteiger charge is 2.27. The van der Waals surface area contributed by atoms with Crippen LogP contribution < -0.4 is 0 Å². The second-order valence-corrected chi connectivity index (χ2v) is 4.55. The summed E-state index contributed by atoms with van der Waals surface area (Å²) >= 11 is 0. The molecular formula is C17H14O3. The van der Waals surface area contributed by atoms with Gasteiger partial charge in [-0.1, -0.05) is 48.5 Å². The van der Waals surface area contributed by atoms with Crippen molar-refractivity contribution >= 4 is 16.9 Å². The van der Waals surface area contributed by atoms with Crippen molar-refractivity contribution in [3.05, 3.63) is 72.0 Å². The normalized spacial score (nSPS) is 12.2. The van der Waals surface area contributed by atoms with Crippen LogP contribution >= 0.6 is 0 Å². The van der Waals surface area contributed by atoms with Crippen molar-refractivity contribution in [2.75, 3.05) is 7.11 Å². The van der Waals surface area contributed by atoms with E-state index in [2.05, 4.69) is 0 Å². The van der Waals surface area contributed by atoms with Gasteiger partial charge in [0.15, 0.2) is 0 Å². The summed E-state index contributed by atoms with van der Waals surface area (Å²) in [6.07, 6.45) is 0. The molecule has 0 bridgehead atoms. The van der Waals surface area contributed by atoms with E-state index in [-0.39, 0.29) is 5.97 Å². The number of benzene rings is 2. The number of carbonyl (C=O) groups is 1. The van der Waals surface area contributed by atoms with Crippen molar-refractivity contribution in [3.8, 4) is 0 Å². The van der Waals surface area contributed by atoms with E-state index < -0.39 is 5.92 Å². The van der Waals surface area contributed by atoms with Crippen LogP contribution in [0.3, 0.4) is 0 Å². The van der Waals surface area contributed by atoms with Gasteiger partial charge in [-0.2, -0.15) is 0 Å². The number of fused-ring (bicyclic) bond motifs is 1. The Morgan fingerprint density at radius 1 is 1.05 bits per heavy atom. The van der Waals surface area contributed by atoms with E-state index >= 15 is 0 Å². The second kappa shape index (κ2) is 5.21. The van der Waals surface area contributed by atoms with Gasteiger partial charge in [0.25, 0.3) is 0 Å². The van der Waals surface area contributed by atoms with Crippen molar-refractivity contribution in [2.45, 2.75) is 5.92 Å². The van der Waals surface area contributed by atoms with Gasteiger partial charge in [0.2, 0.25) is 0 Å². The molecule has 0 N–H and O–H groups in total. The van der Waals surface area contributed by atoms with Crippen LogP contribution in [0.25, 0.3) is 11.0 Å². The summed E-state index contributed by atoms with van der Waals surface area (Å²) in [5, 5.41) is 0.979. The maximum absolute atomic E-state index is 12.1. The first-order chi connectivity index (χ1) is 9.79. The second-order valence-electron chi connectivity index (χ2n) is 4.55. The standard InChI is InChI=1S/C17H14O3/c1-19-17(18)16(12-7-3-2-4-8-12)15-11-13-9-5-6-10-14(13)20-15/h2-11,16H,1H3. The van der Waals surface area contributed by atoms with Crippen LogP contribution in [-0.4, -0.2) is 13.1 Å². The number of carbonyl (C=O) groups excluding carboxylic acids is 1. The van der Waals surface area contributed by atoms with Crippen molar-refractivity contribution < 1.29 is 13.9 Å². The zero-order valence-electron chi connectivity index (χ0n) is 11.1. The maximum atomic E-state index is 12.1. The monoisotopic (exact) mass is 266 g/mol. The minimum atomic E-state index is -0.534. The first-order valence-corrected chi connectivity index (χ1v) is 6.41. The minimum Gasteiger partial charge on any atom is -0.468 e. The van der Waals surface area contributed by atoms with Gasteiger partial charge >= 0.3 is 5.97 Å². The predicted octanol–water partition coefficient (Wildman–Crippen LogP) is 3.74. The lowest BCUT2D eigenvalue weighted by molar-refractivity contribution is -0.141. The molecule has 0 aliphatic heterocycles.